The van der Waals surface area contributed by atoms with Crippen molar-refractivity contribution >= 4 is 0 Å². The van der Waals surface area contributed by atoms with Crippen molar-refractivity contribution in [2.75, 3.05) is 13.2 Å². The quantitative estimate of drug-likeness (QED) is 0.690. The zero-order valence-corrected chi connectivity index (χ0v) is 11.2. The van der Waals surface area contributed by atoms with Crippen molar-refractivity contribution in [1.82, 2.24) is 0 Å². The van der Waals surface area contributed by atoms with Crippen LogP contribution in [0.1, 0.15) is 34.1 Å². The Labute approximate surface area is 104 Å². The van der Waals surface area contributed by atoms with E-state index in [1.807, 2.05) is 6.92 Å². The summed E-state index contributed by atoms with van der Waals surface area (Å²) in [5, 5.41) is 0. The number of allylic oxidation sites excluding steroid dienone is 5. The van der Waals surface area contributed by atoms with Gasteiger partial charge in [0.05, 0.1) is 13.2 Å². The van der Waals surface area contributed by atoms with E-state index in [0.29, 0.717) is 13.2 Å². The predicted octanol–water partition coefficient (Wildman–Crippen LogP) is 3.61. The topological polar surface area (TPSA) is 18.5 Å². The molecule has 1 saturated heterocycles. The minimum absolute atomic E-state index is 0.0860. The van der Waals surface area contributed by atoms with Crippen molar-refractivity contribution in [2.45, 2.75) is 39.9 Å². The fourth-order valence-corrected chi connectivity index (χ4v) is 2.91. The van der Waals surface area contributed by atoms with Gasteiger partial charge in [-0.15, -0.1) is 0 Å². The molecule has 1 spiro atoms. The molecule has 0 atom stereocenters. The molecule has 0 radical (unpaired) electrons. The van der Waals surface area contributed by atoms with Crippen LogP contribution in [0.15, 0.2) is 35.5 Å². The molecule has 0 aromatic heterocycles. The van der Waals surface area contributed by atoms with E-state index in [2.05, 4.69) is 45.1 Å². The van der Waals surface area contributed by atoms with E-state index in [-0.39, 0.29) is 5.41 Å². The number of hydrogen-bond acceptors (Lipinski definition) is 2. The van der Waals surface area contributed by atoms with E-state index in [1.165, 1.54) is 11.1 Å². The van der Waals surface area contributed by atoms with Gasteiger partial charge in [-0.25, -0.2) is 0 Å². The maximum atomic E-state index is 5.80. The summed E-state index contributed by atoms with van der Waals surface area (Å²) in [4.78, 5) is 0. The molecule has 0 amide bonds. The van der Waals surface area contributed by atoms with Crippen molar-refractivity contribution < 1.29 is 9.47 Å². The van der Waals surface area contributed by atoms with Crippen LogP contribution in [0.5, 0.6) is 0 Å². The summed E-state index contributed by atoms with van der Waals surface area (Å²) < 4.78 is 11.6. The van der Waals surface area contributed by atoms with Crippen LogP contribution >= 0.6 is 0 Å². The molecule has 1 fully saturated rings. The highest BCUT2D eigenvalue weighted by Gasteiger charge is 2.45. The van der Waals surface area contributed by atoms with Gasteiger partial charge in [0.15, 0.2) is 5.79 Å². The summed E-state index contributed by atoms with van der Waals surface area (Å²) in [5.41, 5.74) is 2.73. The zero-order valence-electron chi connectivity index (χ0n) is 11.2. The molecule has 1 aliphatic carbocycles. The first kappa shape index (κ1) is 12.6. The highest BCUT2D eigenvalue weighted by Crippen LogP contribution is 2.47. The maximum Gasteiger partial charge on any atom is 0.189 e. The molecule has 1 aliphatic heterocycles. The summed E-state index contributed by atoms with van der Waals surface area (Å²) in [6.45, 7) is 10.1. The first-order valence-electron chi connectivity index (χ1n) is 6.30. The molecule has 2 aliphatic rings. The largest absolute Gasteiger partial charge is 0.344 e. The molecule has 0 N–H and O–H groups in total. The molecule has 1 heterocycles. The summed E-state index contributed by atoms with van der Waals surface area (Å²) in [7, 11) is 0. The predicted molar refractivity (Wildman–Crippen MR) is 69.7 cm³/mol. The third-order valence-electron chi connectivity index (χ3n) is 3.51. The van der Waals surface area contributed by atoms with Crippen LogP contribution in [-0.4, -0.2) is 19.0 Å². The minimum atomic E-state index is -0.471. The molecule has 2 rings (SSSR count). The van der Waals surface area contributed by atoms with Crippen LogP contribution in [0, 0.1) is 5.41 Å². The van der Waals surface area contributed by atoms with Crippen LogP contribution in [0.3, 0.4) is 0 Å². The van der Waals surface area contributed by atoms with Crippen molar-refractivity contribution in [3.05, 3.63) is 35.5 Å². The standard InChI is InChI=1S/C15H22O2/c1-5-6-7-13-12(2)10-15(11-14(13,3)4)16-8-9-17-15/h5-7,10H,8-9,11H2,1-4H3/b6-5+,13-7+. The molecule has 2 heteroatoms. The van der Waals surface area contributed by atoms with Gasteiger partial charge in [-0.3, -0.25) is 0 Å². The average molecular weight is 234 g/mol. The van der Waals surface area contributed by atoms with E-state index in [0.717, 1.165) is 6.42 Å². The van der Waals surface area contributed by atoms with Crippen molar-refractivity contribution in [2.24, 2.45) is 5.41 Å². The van der Waals surface area contributed by atoms with Gasteiger partial charge in [0.25, 0.3) is 0 Å². The maximum absolute atomic E-state index is 5.80. The van der Waals surface area contributed by atoms with Gasteiger partial charge in [0.1, 0.15) is 0 Å². The van der Waals surface area contributed by atoms with E-state index < -0.39 is 5.79 Å². The Kier molecular flexibility index (Phi) is 3.28. The third-order valence-corrected chi connectivity index (χ3v) is 3.51. The highest BCUT2D eigenvalue weighted by molar-refractivity contribution is 5.41. The molecule has 0 saturated carbocycles. The SMILES string of the molecule is C/C=C/C=C1\C(C)=CC2(CC1(C)C)OCCO2. The second kappa shape index (κ2) is 4.43. The van der Waals surface area contributed by atoms with Gasteiger partial charge in [-0.05, 0) is 36.5 Å². The number of hydrogen-bond donors (Lipinski definition) is 0. The lowest BCUT2D eigenvalue weighted by Crippen LogP contribution is -2.39. The number of rotatable bonds is 1. The van der Waals surface area contributed by atoms with Crippen LogP contribution in [0.25, 0.3) is 0 Å². The summed E-state index contributed by atoms with van der Waals surface area (Å²) in [6, 6.07) is 0. The summed E-state index contributed by atoms with van der Waals surface area (Å²) in [6.07, 6.45) is 9.39. The lowest BCUT2D eigenvalue weighted by molar-refractivity contribution is -0.139. The Morgan fingerprint density at radius 2 is 1.88 bits per heavy atom. The molecule has 17 heavy (non-hydrogen) atoms. The van der Waals surface area contributed by atoms with E-state index in [1.54, 1.807) is 0 Å². The van der Waals surface area contributed by atoms with Gasteiger partial charge in [0.2, 0.25) is 0 Å². The second-order valence-corrected chi connectivity index (χ2v) is 5.50. The monoisotopic (exact) mass is 234 g/mol. The molecule has 0 bridgehead atoms. The molecule has 0 aromatic rings. The minimum Gasteiger partial charge on any atom is -0.344 e. The number of ether oxygens (including phenoxy) is 2. The lowest BCUT2D eigenvalue weighted by atomic mass is 9.70. The Hall–Kier alpha value is -0.860. The van der Waals surface area contributed by atoms with Gasteiger partial charge in [-0.2, -0.15) is 0 Å². The molecular weight excluding hydrogens is 212 g/mol. The van der Waals surface area contributed by atoms with Gasteiger partial charge < -0.3 is 9.47 Å². The fraction of sp³-hybridized carbons (Fsp3) is 0.600. The van der Waals surface area contributed by atoms with E-state index in [4.69, 9.17) is 9.47 Å². The second-order valence-electron chi connectivity index (χ2n) is 5.50. The lowest BCUT2D eigenvalue weighted by Gasteiger charge is -2.41. The average Bonchev–Trinajstić information content (AvgIpc) is 2.63. The Morgan fingerprint density at radius 1 is 1.24 bits per heavy atom. The molecule has 94 valence electrons. The van der Waals surface area contributed by atoms with Crippen LogP contribution in [0.2, 0.25) is 0 Å². The molecule has 2 nitrogen and oxygen atoms in total. The van der Waals surface area contributed by atoms with Crippen molar-refractivity contribution in [3.8, 4) is 0 Å². The highest BCUT2D eigenvalue weighted by atomic mass is 16.7. The van der Waals surface area contributed by atoms with Crippen LogP contribution in [-0.2, 0) is 9.47 Å². The van der Waals surface area contributed by atoms with Gasteiger partial charge >= 0.3 is 0 Å². The van der Waals surface area contributed by atoms with Crippen LogP contribution < -0.4 is 0 Å². The fourth-order valence-electron chi connectivity index (χ4n) is 2.91. The Bertz CT molecular complexity index is 380. The smallest absolute Gasteiger partial charge is 0.189 e. The molecule has 0 aromatic carbocycles. The Morgan fingerprint density at radius 3 is 2.41 bits per heavy atom. The first-order chi connectivity index (χ1) is 7.99. The van der Waals surface area contributed by atoms with Crippen molar-refractivity contribution in [3.63, 3.8) is 0 Å². The summed E-state index contributed by atoms with van der Waals surface area (Å²) >= 11 is 0. The zero-order chi connectivity index (χ0) is 12.5. The third kappa shape index (κ3) is 2.38. The van der Waals surface area contributed by atoms with Gasteiger partial charge in [-0.1, -0.05) is 32.1 Å². The summed E-state index contributed by atoms with van der Waals surface area (Å²) in [5.74, 6) is -0.471. The van der Waals surface area contributed by atoms with E-state index >= 15 is 0 Å². The molecular formula is C15H22O2. The van der Waals surface area contributed by atoms with Gasteiger partial charge in [0, 0.05) is 6.42 Å². The first-order valence-corrected chi connectivity index (χ1v) is 6.30. The normalized spacial score (nSPS) is 29.2. The van der Waals surface area contributed by atoms with E-state index in [9.17, 15) is 0 Å². The Balaban J connectivity index is 2.38. The van der Waals surface area contributed by atoms with Crippen molar-refractivity contribution in [1.29, 1.82) is 0 Å². The van der Waals surface area contributed by atoms with Crippen LogP contribution in [0.4, 0.5) is 0 Å². The molecule has 0 unspecified atom stereocenters.